The van der Waals surface area contributed by atoms with Crippen molar-refractivity contribution in [1.82, 2.24) is 4.98 Å². The van der Waals surface area contributed by atoms with E-state index in [4.69, 9.17) is 4.74 Å². The number of fused-ring (bicyclic) bond motifs is 4. The van der Waals surface area contributed by atoms with Crippen LogP contribution in [0.15, 0.2) is 47.1 Å². The fraction of sp³-hybridized carbons (Fsp3) is 0.263. The van der Waals surface area contributed by atoms with Crippen LogP contribution in [0, 0.1) is 11.7 Å². The molecule has 0 bridgehead atoms. The summed E-state index contributed by atoms with van der Waals surface area (Å²) >= 11 is 3.56. The minimum absolute atomic E-state index is 0.0425. The highest BCUT2D eigenvalue weighted by Crippen LogP contribution is 2.50. The number of aromatic nitrogens is 1. The van der Waals surface area contributed by atoms with Crippen molar-refractivity contribution in [1.29, 1.82) is 0 Å². The molecule has 2 aromatic carbocycles. The molecule has 3 nitrogen and oxygen atoms in total. The van der Waals surface area contributed by atoms with Gasteiger partial charge in [-0.2, -0.15) is 0 Å². The molecule has 1 saturated heterocycles. The molecule has 0 spiro atoms. The van der Waals surface area contributed by atoms with E-state index in [1.54, 1.807) is 6.07 Å². The second-order valence-electron chi connectivity index (χ2n) is 6.53. The smallest absolute Gasteiger partial charge is 0.123 e. The predicted molar refractivity (Wildman–Crippen MR) is 95.6 cm³/mol. The van der Waals surface area contributed by atoms with Crippen LogP contribution in [0.2, 0.25) is 0 Å². The maximum absolute atomic E-state index is 13.7. The Hall–Kier alpha value is -1.85. The summed E-state index contributed by atoms with van der Waals surface area (Å²) in [7, 11) is 0. The Labute approximate surface area is 147 Å². The van der Waals surface area contributed by atoms with E-state index in [2.05, 4.69) is 44.6 Å². The van der Waals surface area contributed by atoms with Crippen molar-refractivity contribution in [3.05, 3.63) is 64.0 Å². The SMILES string of the molecule is Fc1ccc2c(c1)[C@H]1OCC[C@H]1[C@@H](c1c[nH]c3ccc(Br)cc13)N2. The van der Waals surface area contributed by atoms with Gasteiger partial charge >= 0.3 is 0 Å². The molecular weight excluding hydrogens is 371 g/mol. The highest BCUT2D eigenvalue weighted by molar-refractivity contribution is 9.10. The Balaban J connectivity index is 1.65. The van der Waals surface area contributed by atoms with Crippen molar-refractivity contribution in [3.63, 3.8) is 0 Å². The van der Waals surface area contributed by atoms with E-state index in [9.17, 15) is 4.39 Å². The Morgan fingerprint density at radius 1 is 1.12 bits per heavy atom. The second-order valence-corrected chi connectivity index (χ2v) is 7.45. The highest BCUT2D eigenvalue weighted by Gasteiger charge is 2.42. The molecule has 3 heterocycles. The Morgan fingerprint density at radius 2 is 2.04 bits per heavy atom. The quantitative estimate of drug-likeness (QED) is 0.594. The topological polar surface area (TPSA) is 37.0 Å². The predicted octanol–water partition coefficient (Wildman–Crippen LogP) is 5.31. The molecule has 1 aromatic heterocycles. The first-order valence-electron chi connectivity index (χ1n) is 8.15. The van der Waals surface area contributed by atoms with Crippen LogP contribution in [-0.2, 0) is 4.74 Å². The van der Waals surface area contributed by atoms with Crippen LogP contribution in [0.1, 0.15) is 29.7 Å². The summed E-state index contributed by atoms with van der Waals surface area (Å²) in [6.07, 6.45) is 3.01. The van der Waals surface area contributed by atoms with Gasteiger partial charge in [-0.3, -0.25) is 0 Å². The monoisotopic (exact) mass is 386 g/mol. The fourth-order valence-electron chi connectivity index (χ4n) is 4.12. The van der Waals surface area contributed by atoms with Crippen LogP contribution in [0.3, 0.4) is 0 Å². The summed E-state index contributed by atoms with van der Waals surface area (Å²) < 4.78 is 20.7. The molecule has 0 aliphatic carbocycles. The number of rotatable bonds is 1. The zero-order valence-electron chi connectivity index (χ0n) is 12.9. The van der Waals surface area contributed by atoms with E-state index >= 15 is 0 Å². The molecule has 0 unspecified atom stereocenters. The maximum atomic E-state index is 13.7. The van der Waals surface area contributed by atoms with Crippen molar-refractivity contribution in [3.8, 4) is 0 Å². The van der Waals surface area contributed by atoms with Gasteiger partial charge in [-0.1, -0.05) is 15.9 Å². The minimum Gasteiger partial charge on any atom is -0.377 e. The third-order valence-corrected chi connectivity index (χ3v) is 5.70. The molecule has 0 saturated carbocycles. The Bertz CT molecular complexity index is 938. The summed E-state index contributed by atoms with van der Waals surface area (Å²) in [5, 5.41) is 4.83. The molecule has 2 N–H and O–H groups in total. The highest BCUT2D eigenvalue weighted by atomic mass is 79.9. The van der Waals surface area contributed by atoms with Gasteiger partial charge in [0.25, 0.3) is 0 Å². The summed E-state index contributed by atoms with van der Waals surface area (Å²) in [6.45, 7) is 0.718. The van der Waals surface area contributed by atoms with Gasteiger partial charge in [0.15, 0.2) is 0 Å². The number of H-pyrrole nitrogens is 1. The normalized spacial score (nSPS) is 25.3. The van der Waals surface area contributed by atoms with Gasteiger partial charge in [0, 0.05) is 50.9 Å². The van der Waals surface area contributed by atoms with E-state index in [1.807, 2.05) is 12.1 Å². The number of nitrogens with one attached hydrogen (secondary N) is 2. The molecule has 24 heavy (non-hydrogen) atoms. The largest absolute Gasteiger partial charge is 0.377 e. The van der Waals surface area contributed by atoms with Gasteiger partial charge in [0.1, 0.15) is 5.82 Å². The zero-order valence-corrected chi connectivity index (χ0v) is 14.4. The lowest BCUT2D eigenvalue weighted by molar-refractivity contribution is 0.0828. The molecule has 1 fully saturated rings. The standard InChI is InChI=1S/C19H16BrFN2O/c20-10-1-3-16-13(7-10)15(9-22-16)18-12-5-6-24-19(12)14-8-11(21)2-4-17(14)23-18/h1-4,7-9,12,18-19,22-23H,5-6H2/t12-,18-,19-/m0/s1. The maximum Gasteiger partial charge on any atom is 0.123 e. The van der Waals surface area contributed by atoms with Crippen LogP contribution < -0.4 is 5.32 Å². The summed E-state index contributed by atoms with van der Waals surface area (Å²) in [5.74, 6) is 0.0940. The molecule has 122 valence electrons. The van der Waals surface area contributed by atoms with E-state index < -0.39 is 0 Å². The lowest BCUT2D eigenvalue weighted by Crippen LogP contribution is -2.29. The van der Waals surface area contributed by atoms with Crippen LogP contribution in [-0.4, -0.2) is 11.6 Å². The van der Waals surface area contributed by atoms with Gasteiger partial charge < -0.3 is 15.0 Å². The first kappa shape index (κ1) is 14.5. The van der Waals surface area contributed by atoms with Crippen molar-refractivity contribution in [2.45, 2.75) is 18.6 Å². The third kappa shape index (κ3) is 2.11. The minimum atomic E-state index is -0.209. The van der Waals surface area contributed by atoms with E-state index in [0.717, 1.165) is 34.3 Å². The molecular formula is C19H16BrFN2O. The molecule has 2 aliphatic rings. The number of benzene rings is 2. The number of anilines is 1. The second kappa shape index (κ2) is 5.33. The number of halogens is 2. The number of hydrogen-bond acceptors (Lipinski definition) is 2. The van der Waals surface area contributed by atoms with Crippen molar-refractivity contribution in [2.24, 2.45) is 5.92 Å². The Kier molecular flexibility index (Phi) is 3.22. The fourth-order valence-corrected chi connectivity index (χ4v) is 4.48. The van der Waals surface area contributed by atoms with Gasteiger partial charge in [-0.25, -0.2) is 4.39 Å². The van der Waals surface area contributed by atoms with Gasteiger partial charge in [-0.15, -0.1) is 0 Å². The Morgan fingerprint density at radius 3 is 2.96 bits per heavy atom. The molecule has 3 atom stereocenters. The van der Waals surface area contributed by atoms with Crippen LogP contribution in [0.5, 0.6) is 0 Å². The van der Waals surface area contributed by atoms with Crippen molar-refractivity contribution < 1.29 is 9.13 Å². The van der Waals surface area contributed by atoms with Gasteiger partial charge in [-0.05, 0) is 42.8 Å². The summed E-state index contributed by atoms with van der Waals surface area (Å²) in [6, 6.07) is 11.3. The zero-order chi connectivity index (χ0) is 16.3. The van der Waals surface area contributed by atoms with E-state index in [-0.39, 0.29) is 18.0 Å². The van der Waals surface area contributed by atoms with E-state index in [1.165, 1.54) is 17.0 Å². The summed E-state index contributed by atoms with van der Waals surface area (Å²) in [5.41, 5.74) is 4.26. The lowest BCUT2D eigenvalue weighted by atomic mass is 9.81. The number of aromatic amines is 1. The van der Waals surface area contributed by atoms with Crippen molar-refractivity contribution >= 4 is 32.5 Å². The van der Waals surface area contributed by atoms with Gasteiger partial charge in [0.2, 0.25) is 0 Å². The number of ether oxygens (including phenoxy) is 1. The third-order valence-electron chi connectivity index (χ3n) is 5.21. The van der Waals surface area contributed by atoms with Crippen LogP contribution >= 0.6 is 15.9 Å². The first-order valence-corrected chi connectivity index (χ1v) is 8.94. The molecule has 3 aromatic rings. The van der Waals surface area contributed by atoms with E-state index in [0.29, 0.717) is 5.92 Å². The molecule has 5 heteroatoms. The summed E-state index contributed by atoms with van der Waals surface area (Å²) in [4.78, 5) is 3.36. The lowest BCUT2D eigenvalue weighted by Gasteiger charge is -2.36. The van der Waals surface area contributed by atoms with Crippen LogP contribution in [0.25, 0.3) is 10.9 Å². The molecule has 0 amide bonds. The molecule has 0 radical (unpaired) electrons. The average molecular weight is 387 g/mol. The van der Waals surface area contributed by atoms with Gasteiger partial charge in [0.05, 0.1) is 12.1 Å². The van der Waals surface area contributed by atoms with Crippen LogP contribution in [0.4, 0.5) is 10.1 Å². The number of hydrogen-bond donors (Lipinski definition) is 2. The van der Waals surface area contributed by atoms with Crippen molar-refractivity contribution in [2.75, 3.05) is 11.9 Å². The first-order chi connectivity index (χ1) is 11.7. The average Bonchev–Trinajstić information content (AvgIpc) is 3.21. The molecule has 2 aliphatic heterocycles. The molecule has 5 rings (SSSR count).